The zero-order valence-corrected chi connectivity index (χ0v) is 21.5. The molecule has 2 nitrogen and oxygen atoms in total. The standard InChI is InChI=1S/C32H34O2Si/c1-25-23-24-26(2)35(25,30-21-13-6-14-22-30)34-31(27-15-7-3-8-16-27)32(33,28-17-9-4-10-18-28)29-19-11-5-12-20-29/h3-22,25-26,31,33H,23-24H2,1-2H3/t25-,26-,31+/m1/s1. The lowest BCUT2D eigenvalue weighted by atomic mass is 9.79. The Hall–Kier alpha value is -2.98. The van der Waals surface area contributed by atoms with Gasteiger partial charge in [-0.2, -0.15) is 0 Å². The van der Waals surface area contributed by atoms with Gasteiger partial charge in [0.05, 0.1) is 0 Å². The Morgan fingerprint density at radius 2 is 1.06 bits per heavy atom. The molecule has 3 atom stereocenters. The molecule has 0 bridgehead atoms. The molecule has 0 unspecified atom stereocenters. The van der Waals surface area contributed by atoms with Crippen molar-refractivity contribution in [3.63, 3.8) is 0 Å². The third kappa shape index (κ3) is 4.18. The average molecular weight is 479 g/mol. The molecule has 0 spiro atoms. The maximum absolute atomic E-state index is 12.9. The van der Waals surface area contributed by atoms with Gasteiger partial charge < -0.3 is 9.53 Å². The van der Waals surface area contributed by atoms with Crippen molar-refractivity contribution in [1.29, 1.82) is 0 Å². The van der Waals surface area contributed by atoms with E-state index < -0.39 is 20.0 Å². The van der Waals surface area contributed by atoms with Crippen LogP contribution in [0.2, 0.25) is 11.1 Å². The number of aliphatic hydroxyl groups is 1. The molecule has 1 heterocycles. The SMILES string of the molecule is C[C@@H]1CC[C@@H](C)[Si]1(O[C@@H](c1ccccc1)C(O)(c1ccccc1)c1ccccc1)c1ccccc1. The third-order valence-corrected chi connectivity index (χ3v) is 13.3. The van der Waals surface area contributed by atoms with Crippen molar-refractivity contribution in [2.45, 2.75) is 49.5 Å². The minimum atomic E-state index is -2.50. The topological polar surface area (TPSA) is 29.5 Å². The van der Waals surface area contributed by atoms with Crippen molar-refractivity contribution < 1.29 is 9.53 Å². The molecule has 1 N–H and O–H groups in total. The van der Waals surface area contributed by atoms with Crippen molar-refractivity contribution >= 4 is 13.5 Å². The summed E-state index contributed by atoms with van der Waals surface area (Å²) >= 11 is 0. The van der Waals surface area contributed by atoms with Crippen LogP contribution < -0.4 is 5.19 Å². The van der Waals surface area contributed by atoms with Gasteiger partial charge in [-0.25, -0.2) is 0 Å². The van der Waals surface area contributed by atoms with E-state index in [1.165, 1.54) is 5.19 Å². The second kappa shape index (κ2) is 9.94. The number of rotatable bonds is 7. The van der Waals surface area contributed by atoms with Crippen LogP contribution in [0, 0.1) is 0 Å². The van der Waals surface area contributed by atoms with Crippen LogP contribution in [0.5, 0.6) is 0 Å². The van der Waals surface area contributed by atoms with E-state index in [2.05, 4.69) is 56.3 Å². The summed E-state index contributed by atoms with van der Waals surface area (Å²) in [7, 11) is -2.50. The van der Waals surface area contributed by atoms with Crippen LogP contribution >= 0.6 is 0 Å². The molecule has 35 heavy (non-hydrogen) atoms. The first-order valence-electron chi connectivity index (χ1n) is 12.7. The van der Waals surface area contributed by atoms with Gasteiger partial charge in [-0.1, -0.05) is 148 Å². The van der Waals surface area contributed by atoms with Crippen LogP contribution in [-0.4, -0.2) is 13.4 Å². The van der Waals surface area contributed by atoms with Crippen molar-refractivity contribution in [2.75, 3.05) is 0 Å². The molecule has 1 aliphatic rings. The van der Waals surface area contributed by atoms with Crippen molar-refractivity contribution in [1.82, 2.24) is 0 Å². The van der Waals surface area contributed by atoms with Crippen molar-refractivity contribution in [3.8, 4) is 0 Å². The predicted molar refractivity (Wildman–Crippen MR) is 146 cm³/mol. The molecular formula is C32H34O2Si. The highest BCUT2D eigenvalue weighted by atomic mass is 28.4. The fourth-order valence-electron chi connectivity index (χ4n) is 6.05. The number of benzene rings is 4. The Labute approximate surface area is 210 Å². The number of hydrogen-bond donors (Lipinski definition) is 1. The minimum Gasteiger partial charge on any atom is -0.401 e. The highest BCUT2D eigenvalue weighted by molar-refractivity contribution is 6.89. The normalized spacial score (nSPS) is 20.4. The van der Waals surface area contributed by atoms with E-state index in [0.717, 1.165) is 29.5 Å². The summed E-state index contributed by atoms with van der Waals surface area (Å²) in [6.45, 7) is 4.71. The van der Waals surface area contributed by atoms with Gasteiger partial charge in [0.25, 0.3) is 0 Å². The molecule has 1 aliphatic heterocycles. The smallest absolute Gasteiger partial charge is 0.230 e. The van der Waals surface area contributed by atoms with E-state index in [4.69, 9.17) is 4.43 Å². The monoisotopic (exact) mass is 478 g/mol. The first-order valence-corrected chi connectivity index (χ1v) is 14.7. The Bertz CT molecular complexity index is 1160. The maximum Gasteiger partial charge on any atom is 0.230 e. The van der Waals surface area contributed by atoms with Crippen LogP contribution in [0.25, 0.3) is 0 Å². The quantitative estimate of drug-likeness (QED) is 0.287. The Kier molecular flexibility index (Phi) is 6.75. The Morgan fingerprint density at radius 3 is 1.51 bits per heavy atom. The summed E-state index contributed by atoms with van der Waals surface area (Å²) in [5, 5.41) is 14.2. The Balaban J connectivity index is 1.75. The maximum atomic E-state index is 12.9. The summed E-state index contributed by atoms with van der Waals surface area (Å²) in [6, 6.07) is 41.2. The molecule has 0 saturated carbocycles. The highest BCUT2D eigenvalue weighted by Gasteiger charge is 2.56. The molecule has 4 aromatic rings. The lowest BCUT2D eigenvalue weighted by Crippen LogP contribution is -2.57. The summed E-state index contributed by atoms with van der Waals surface area (Å²) in [5.41, 5.74) is 2.23. The first kappa shape index (κ1) is 23.7. The lowest BCUT2D eigenvalue weighted by molar-refractivity contribution is -0.0429. The summed E-state index contributed by atoms with van der Waals surface area (Å²) in [6.07, 6.45) is 1.75. The average Bonchev–Trinajstić information content (AvgIpc) is 3.22. The molecule has 0 aliphatic carbocycles. The third-order valence-electron chi connectivity index (χ3n) is 7.94. The van der Waals surface area contributed by atoms with E-state index in [1.54, 1.807) is 0 Å². The first-order chi connectivity index (χ1) is 17.1. The van der Waals surface area contributed by atoms with Gasteiger partial charge in [-0.3, -0.25) is 0 Å². The predicted octanol–water partition coefficient (Wildman–Crippen LogP) is 7.11. The van der Waals surface area contributed by atoms with Gasteiger partial charge in [-0.15, -0.1) is 0 Å². The van der Waals surface area contributed by atoms with Crippen molar-refractivity contribution in [3.05, 3.63) is 138 Å². The second-order valence-corrected chi connectivity index (χ2v) is 14.3. The van der Waals surface area contributed by atoms with Gasteiger partial charge in [-0.05, 0) is 33.0 Å². The fourth-order valence-corrected chi connectivity index (χ4v) is 11.4. The summed E-state index contributed by atoms with van der Waals surface area (Å²) < 4.78 is 7.56. The van der Waals surface area contributed by atoms with Crippen LogP contribution in [0.15, 0.2) is 121 Å². The second-order valence-electron chi connectivity index (χ2n) is 9.95. The van der Waals surface area contributed by atoms with E-state index in [9.17, 15) is 5.11 Å². The molecular weight excluding hydrogens is 444 g/mol. The molecule has 178 valence electrons. The van der Waals surface area contributed by atoms with Crippen LogP contribution in [-0.2, 0) is 10.0 Å². The van der Waals surface area contributed by atoms with E-state index in [-0.39, 0.29) is 0 Å². The van der Waals surface area contributed by atoms with Gasteiger partial charge >= 0.3 is 0 Å². The molecule has 0 radical (unpaired) electrons. The molecule has 4 aromatic carbocycles. The zero-order chi connectivity index (χ0) is 24.3. The molecule has 1 saturated heterocycles. The van der Waals surface area contributed by atoms with Crippen molar-refractivity contribution in [2.24, 2.45) is 0 Å². The highest BCUT2D eigenvalue weighted by Crippen LogP contribution is 2.52. The molecule has 1 fully saturated rings. The van der Waals surface area contributed by atoms with E-state index >= 15 is 0 Å². The Morgan fingerprint density at radius 1 is 0.657 bits per heavy atom. The summed E-state index contributed by atoms with van der Waals surface area (Å²) in [5.74, 6) is 0. The molecule has 5 rings (SSSR count). The van der Waals surface area contributed by atoms with Gasteiger partial charge in [0, 0.05) is 0 Å². The molecule has 0 aromatic heterocycles. The zero-order valence-electron chi connectivity index (χ0n) is 20.5. The van der Waals surface area contributed by atoms with E-state index in [1.807, 2.05) is 78.9 Å². The minimum absolute atomic E-state index is 0.446. The lowest BCUT2D eigenvalue weighted by Gasteiger charge is -2.45. The largest absolute Gasteiger partial charge is 0.401 e. The van der Waals surface area contributed by atoms with Crippen LogP contribution in [0.4, 0.5) is 0 Å². The van der Waals surface area contributed by atoms with Crippen LogP contribution in [0.3, 0.4) is 0 Å². The van der Waals surface area contributed by atoms with Gasteiger partial charge in [0.15, 0.2) is 0 Å². The number of hydrogen-bond acceptors (Lipinski definition) is 2. The van der Waals surface area contributed by atoms with Gasteiger partial charge in [0.2, 0.25) is 8.32 Å². The van der Waals surface area contributed by atoms with E-state index in [0.29, 0.717) is 11.1 Å². The molecule has 3 heteroatoms. The summed E-state index contributed by atoms with van der Waals surface area (Å²) in [4.78, 5) is 0. The fraction of sp³-hybridized carbons (Fsp3) is 0.250. The molecule has 0 amide bonds. The van der Waals surface area contributed by atoms with Gasteiger partial charge in [0.1, 0.15) is 11.7 Å². The van der Waals surface area contributed by atoms with Crippen LogP contribution in [0.1, 0.15) is 49.5 Å².